The first-order valence-electron chi connectivity index (χ1n) is 6.08. The van der Waals surface area contributed by atoms with Crippen molar-refractivity contribution >= 4 is 11.8 Å². The van der Waals surface area contributed by atoms with Gasteiger partial charge in [0, 0.05) is 26.6 Å². The predicted molar refractivity (Wildman–Crippen MR) is 68.7 cm³/mol. The van der Waals surface area contributed by atoms with E-state index in [1.54, 1.807) is 21.0 Å². The van der Waals surface area contributed by atoms with E-state index in [9.17, 15) is 9.59 Å². The second-order valence-corrected chi connectivity index (χ2v) is 4.73. The summed E-state index contributed by atoms with van der Waals surface area (Å²) in [5, 5.41) is 5.93. The van der Waals surface area contributed by atoms with Crippen LogP contribution in [0.1, 0.15) is 33.6 Å². The van der Waals surface area contributed by atoms with Crippen molar-refractivity contribution in [1.82, 2.24) is 15.5 Å². The van der Waals surface area contributed by atoms with Gasteiger partial charge in [-0.1, -0.05) is 13.8 Å². The summed E-state index contributed by atoms with van der Waals surface area (Å²) in [6.07, 6.45) is 1.23. The summed E-state index contributed by atoms with van der Waals surface area (Å²) in [4.78, 5) is 24.5. The number of amides is 2. The highest BCUT2D eigenvalue weighted by atomic mass is 16.2. The Labute approximate surface area is 104 Å². The highest BCUT2D eigenvalue weighted by molar-refractivity contribution is 5.86. The van der Waals surface area contributed by atoms with Gasteiger partial charge in [0.15, 0.2) is 0 Å². The molecule has 1 unspecified atom stereocenters. The second-order valence-electron chi connectivity index (χ2n) is 4.73. The Morgan fingerprint density at radius 2 is 1.76 bits per heavy atom. The number of likely N-dealkylation sites (N-methyl/N-ethyl adjacent to an activating group) is 1. The van der Waals surface area contributed by atoms with Crippen LogP contribution >= 0.6 is 0 Å². The van der Waals surface area contributed by atoms with Crippen LogP contribution < -0.4 is 10.6 Å². The van der Waals surface area contributed by atoms with Gasteiger partial charge in [-0.3, -0.25) is 9.59 Å². The van der Waals surface area contributed by atoms with Gasteiger partial charge in [0.2, 0.25) is 11.8 Å². The van der Waals surface area contributed by atoms with Crippen molar-refractivity contribution in [3.05, 3.63) is 0 Å². The summed E-state index contributed by atoms with van der Waals surface area (Å²) in [7, 11) is 3.36. The van der Waals surface area contributed by atoms with Crippen LogP contribution in [-0.2, 0) is 9.59 Å². The van der Waals surface area contributed by atoms with Gasteiger partial charge in [-0.05, 0) is 19.9 Å². The molecule has 2 amide bonds. The van der Waals surface area contributed by atoms with Crippen molar-refractivity contribution in [1.29, 1.82) is 0 Å². The Bertz CT molecular complexity index is 252. The van der Waals surface area contributed by atoms with Crippen LogP contribution in [0.2, 0.25) is 0 Å². The maximum atomic E-state index is 11.5. The van der Waals surface area contributed by atoms with E-state index in [0.29, 0.717) is 12.5 Å². The molecule has 0 aliphatic rings. The number of nitrogens with one attached hydrogen (secondary N) is 2. The van der Waals surface area contributed by atoms with Crippen molar-refractivity contribution in [3.63, 3.8) is 0 Å². The molecule has 0 aromatic carbocycles. The van der Waals surface area contributed by atoms with Crippen molar-refractivity contribution in [3.8, 4) is 0 Å². The zero-order valence-corrected chi connectivity index (χ0v) is 11.5. The average molecular weight is 243 g/mol. The number of rotatable bonds is 7. The van der Waals surface area contributed by atoms with E-state index < -0.39 is 6.04 Å². The van der Waals surface area contributed by atoms with Gasteiger partial charge < -0.3 is 15.5 Å². The van der Waals surface area contributed by atoms with Gasteiger partial charge in [-0.15, -0.1) is 0 Å². The first kappa shape index (κ1) is 15.9. The molecule has 0 saturated carbocycles. The first-order valence-corrected chi connectivity index (χ1v) is 6.08. The van der Waals surface area contributed by atoms with Gasteiger partial charge in [0.25, 0.3) is 0 Å². The lowest BCUT2D eigenvalue weighted by Crippen LogP contribution is -2.44. The highest BCUT2D eigenvalue weighted by Crippen LogP contribution is 1.93. The lowest BCUT2D eigenvalue weighted by atomic mass is 10.2. The molecule has 0 saturated heterocycles. The Kier molecular flexibility index (Phi) is 7.54. The maximum Gasteiger partial charge on any atom is 0.244 e. The number of carbonyl (C=O) groups excluding carboxylic acids is 2. The van der Waals surface area contributed by atoms with Crippen LogP contribution in [0.25, 0.3) is 0 Å². The smallest absolute Gasteiger partial charge is 0.244 e. The average Bonchev–Trinajstić information content (AvgIpc) is 2.22. The van der Waals surface area contributed by atoms with Crippen LogP contribution in [0.5, 0.6) is 0 Å². The summed E-state index contributed by atoms with van der Waals surface area (Å²) >= 11 is 0. The van der Waals surface area contributed by atoms with E-state index in [1.807, 2.05) is 0 Å². The highest BCUT2D eigenvalue weighted by Gasteiger charge is 2.16. The van der Waals surface area contributed by atoms with E-state index in [1.165, 1.54) is 4.90 Å². The summed E-state index contributed by atoms with van der Waals surface area (Å²) in [5.41, 5.74) is 0. The monoisotopic (exact) mass is 243 g/mol. The number of carbonyl (C=O) groups is 2. The molecule has 17 heavy (non-hydrogen) atoms. The molecule has 0 heterocycles. The minimum Gasteiger partial charge on any atom is -0.347 e. The SMILES string of the molecule is CC(C)NCCCC(=O)NC(C)C(=O)N(C)C. The van der Waals surface area contributed by atoms with Gasteiger partial charge in [0.05, 0.1) is 0 Å². The van der Waals surface area contributed by atoms with Crippen molar-refractivity contribution < 1.29 is 9.59 Å². The number of hydrogen-bond donors (Lipinski definition) is 2. The van der Waals surface area contributed by atoms with E-state index in [2.05, 4.69) is 24.5 Å². The maximum absolute atomic E-state index is 11.5. The fraction of sp³-hybridized carbons (Fsp3) is 0.833. The molecule has 0 fully saturated rings. The predicted octanol–water partition coefficient (Wildman–Crippen LogP) is 0.358. The minimum absolute atomic E-state index is 0.0711. The summed E-state index contributed by atoms with van der Waals surface area (Å²) in [5.74, 6) is -0.156. The molecule has 2 N–H and O–H groups in total. The molecule has 0 radical (unpaired) electrons. The molecular weight excluding hydrogens is 218 g/mol. The Balaban J connectivity index is 3.75. The molecule has 0 aromatic heterocycles. The minimum atomic E-state index is -0.449. The van der Waals surface area contributed by atoms with Crippen LogP contribution in [0.4, 0.5) is 0 Å². The fourth-order valence-electron chi connectivity index (χ4n) is 1.40. The van der Waals surface area contributed by atoms with Gasteiger partial charge in [-0.25, -0.2) is 0 Å². The molecule has 0 bridgehead atoms. The van der Waals surface area contributed by atoms with Crippen LogP contribution in [-0.4, -0.2) is 49.4 Å². The van der Waals surface area contributed by atoms with Gasteiger partial charge >= 0.3 is 0 Å². The first-order chi connectivity index (χ1) is 7.84. The topological polar surface area (TPSA) is 61.4 Å². The number of hydrogen-bond acceptors (Lipinski definition) is 3. The van der Waals surface area contributed by atoms with Crippen LogP contribution in [0.15, 0.2) is 0 Å². The quantitative estimate of drug-likeness (QED) is 0.635. The summed E-state index contributed by atoms with van der Waals surface area (Å²) in [6.45, 7) is 6.66. The van der Waals surface area contributed by atoms with E-state index in [0.717, 1.165) is 13.0 Å². The molecule has 100 valence electrons. The molecule has 0 aliphatic carbocycles. The van der Waals surface area contributed by atoms with E-state index >= 15 is 0 Å². The fourth-order valence-corrected chi connectivity index (χ4v) is 1.40. The van der Waals surface area contributed by atoms with E-state index in [4.69, 9.17) is 0 Å². The largest absolute Gasteiger partial charge is 0.347 e. The molecule has 0 aliphatic heterocycles. The van der Waals surface area contributed by atoms with Crippen molar-refractivity contribution in [2.75, 3.05) is 20.6 Å². The van der Waals surface area contributed by atoms with Crippen molar-refractivity contribution in [2.24, 2.45) is 0 Å². The van der Waals surface area contributed by atoms with Gasteiger partial charge in [0.1, 0.15) is 6.04 Å². The number of nitrogens with zero attached hydrogens (tertiary/aromatic N) is 1. The molecule has 5 heteroatoms. The lowest BCUT2D eigenvalue weighted by Gasteiger charge is -2.18. The zero-order valence-electron chi connectivity index (χ0n) is 11.5. The molecule has 1 atom stereocenters. The van der Waals surface area contributed by atoms with E-state index in [-0.39, 0.29) is 11.8 Å². The molecule has 5 nitrogen and oxygen atoms in total. The third kappa shape index (κ3) is 7.74. The van der Waals surface area contributed by atoms with Crippen molar-refractivity contribution in [2.45, 2.75) is 45.7 Å². The summed E-state index contributed by atoms with van der Waals surface area (Å²) in [6, 6.07) is -0.0112. The third-order valence-corrected chi connectivity index (χ3v) is 2.32. The zero-order chi connectivity index (χ0) is 13.4. The normalized spacial score (nSPS) is 12.4. The Morgan fingerprint density at radius 3 is 2.24 bits per heavy atom. The Morgan fingerprint density at radius 1 is 1.18 bits per heavy atom. The standard InChI is InChI=1S/C12H25N3O2/c1-9(2)13-8-6-7-11(16)14-10(3)12(17)15(4)5/h9-10,13H,6-8H2,1-5H3,(H,14,16). The molecule has 0 spiro atoms. The molecule has 0 rings (SSSR count). The Hall–Kier alpha value is -1.10. The lowest BCUT2D eigenvalue weighted by molar-refractivity contribution is -0.133. The summed E-state index contributed by atoms with van der Waals surface area (Å²) < 4.78 is 0. The second kappa shape index (κ2) is 8.06. The van der Waals surface area contributed by atoms with Gasteiger partial charge in [-0.2, -0.15) is 0 Å². The van der Waals surface area contributed by atoms with Crippen LogP contribution in [0, 0.1) is 0 Å². The molecular formula is C12H25N3O2. The third-order valence-electron chi connectivity index (χ3n) is 2.32. The van der Waals surface area contributed by atoms with Crippen LogP contribution in [0.3, 0.4) is 0 Å². The molecule has 0 aromatic rings.